The topological polar surface area (TPSA) is 96.3 Å². The zero-order valence-electron chi connectivity index (χ0n) is 11.3. The fourth-order valence-electron chi connectivity index (χ4n) is 1.58. The third-order valence-corrected chi connectivity index (χ3v) is 2.60. The molecule has 0 saturated carbocycles. The second kappa shape index (κ2) is 7.68. The largest absolute Gasteiger partial charge is 0.459 e. The molecule has 0 aliphatic rings. The molecule has 0 aromatic carbocycles. The van der Waals surface area contributed by atoms with E-state index in [2.05, 4.69) is 20.9 Å². The smallest absolute Gasteiger partial charge is 0.315 e. The number of carbonyl (C=O) groups excluding carboxylic acids is 2. The fraction of sp³-hybridized carbons (Fsp3) is 0.214. The van der Waals surface area contributed by atoms with Gasteiger partial charge >= 0.3 is 6.03 Å². The summed E-state index contributed by atoms with van der Waals surface area (Å²) in [6.45, 7) is 0.989. The zero-order valence-corrected chi connectivity index (χ0v) is 11.3. The zero-order chi connectivity index (χ0) is 14.9. The van der Waals surface area contributed by atoms with Crippen molar-refractivity contribution in [2.75, 3.05) is 13.1 Å². The molecule has 2 rings (SSSR count). The normalized spacial score (nSPS) is 9.90. The predicted molar refractivity (Wildman–Crippen MR) is 75.5 cm³/mol. The summed E-state index contributed by atoms with van der Waals surface area (Å²) in [6, 6.07) is 8.38. The summed E-state index contributed by atoms with van der Waals surface area (Å²) in [5, 5.41) is 7.93. The van der Waals surface area contributed by atoms with E-state index in [1.165, 1.54) is 6.26 Å². The van der Waals surface area contributed by atoms with Gasteiger partial charge in [-0.15, -0.1) is 0 Å². The van der Waals surface area contributed by atoms with Crippen molar-refractivity contribution in [2.24, 2.45) is 0 Å². The maximum Gasteiger partial charge on any atom is 0.315 e. The Labute approximate surface area is 121 Å². The molecule has 0 unspecified atom stereocenters. The van der Waals surface area contributed by atoms with Gasteiger partial charge in [0.25, 0.3) is 5.91 Å². The maximum absolute atomic E-state index is 11.5. The van der Waals surface area contributed by atoms with Crippen LogP contribution in [0.4, 0.5) is 4.79 Å². The van der Waals surface area contributed by atoms with Gasteiger partial charge in [0.15, 0.2) is 5.76 Å². The number of hydrogen-bond acceptors (Lipinski definition) is 4. The van der Waals surface area contributed by atoms with E-state index < -0.39 is 0 Å². The molecule has 7 nitrogen and oxygen atoms in total. The molecule has 0 atom stereocenters. The van der Waals surface area contributed by atoms with E-state index in [-0.39, 0.29) is 17.7 Å². The van der Waals surface area contributed by atoms with Gasteiger partial charge in [0.1, 0.15) is 0 Å². The Morgan fingerprint density at radius 3 is 2.62 bits per heavy atom. The van der Waals surface area contributed by atoms with E-state index >= 15 is 0 Å². The molecule has 0 fully saturated rings. The quantitative estimate of drug-likeness (QED) is 0.688. The summed E-state index contributed by atoms with van der Waals surface area (Å²) in [4.78, 5) is 27.1. The van der Waals surface area contributed by atoms with E-state index in [1.54, 1.807) is 18.3 Å². The first-order valence-electron chi connectivity index (χ1n) is 6.49. The van der Waals surface area contributed by atoms with Gasteiger partial charge in [-0.3, -0.25) is 9.78 Å². The van der Waals surface area contributed by atoms with E-state index in [0.717, 1.165) is 5.69 Å². The van der Waals surface area contributed by atoms with Crippen LogP contribution in [0, 0.1) is 0 Å². The highest BCUT2D eigenvalue weighted by atomic mass is 16.3. The van der Waals surface area contributed by atoms with Crippen LogP contribution in [0.3, 0.4) is 0 Å². The Morgan fingerprint density at radius 1 is 1.05 bits per heavy atom. The van der Waals surface area contributed by atoms with Crippen LogP contribution in [0.1, 0.15) is 16.2 Å². The van der Waals surface area contributed by atoms with Crippen LogP contribution in [0.15, 0.2) is 47.2 Å². The molecule has 7 heteroatoms. The lowest BCUT2D eigenvalue weighted by Crippen LogP contribution is -2.40. The monoisotopic (exact) mass is 288 g/mol. The number of rotatable bonds is 6. The first-order valence-corrected chi connectivity index (χ1v) is 6.49. The molecule has 0 bridgehead atoms. The second-order valence-corrected chi connectivity index (χ2v) is 4.16. The highest BCUT2D eigenvalue weighted by molar-refractivity contribution is 5.91. The van der Waals surface area contributed by atoms with Gasteiger partial charge in [0.2, 0.25) is 0 Å². The van der Waals surface area contributed by atoms with Crippen LogP contribution in [-0.4, -0.2) is 30.0 Å². The molecule has 110 valence electrons. The van der Waals surface area contributed by atoms with Crippen molar-refractivity contribution in [1.29, 1.82) is 0 Å². The van der Waals surface area contributed by atoms with Gasteiger partial charge < -0.3 is 20.4 Å². The summed E-state index contributed by atoms with van der Waals surface area (Å²) in [6.07, 6.45) is 3.09. The molecule has 2 aromatic heterocycles. The number of aromatic nitrogens is 1. The Balaban J connectivity index is 1.58. The number of carbonyl (C=O) groups is 2. The third-order valence-electron chi connectivity index (χ3n) is 2.60. The standard InChI is InChI=1S/C14H16N4O3/c19-13(12-5-3-9-21-12)16-7-8-17-14(20)18-10-11-4-1-2-6-15-11/h1-6,9H,7-8,10H2,(H,16,19)(H2,17,18,20). The molecule has 0 aliphatic heterocycles. The second-order valence-electron chi connectivity index (χ2n) is 4.16. The molecular weight excluding hydrogens is 272 g/mol. The predicted octanol–water partition coefficient (Wildman–Crippen LogP) is 0.904. The minimum atomic E-state index is -0.312. The van der Waals surface area contributed by atoms with Gasteiger partial charge in [-0.1, -0.05) is 6.07 Å². The summed E-state index contributed by atoms with van der Waals surface area (Å²) >= 11 is 0. The van der Waals surface area contributed by atoms with Gasteiger partial charge in [-0.2, -0.15) is 0 Å². The summed E-state index contributed by atoms with van der Waals surface area (Å²) in [5.74, 6) is -0.0645. The van der Waals surface area contributed by atoms with Crippen LogP contribution < -0.4 is 16.0 Å². The molecule has 0 saturated heterocycles. The Hall–Kier alpha value is -2.83. The Bertz CT molecular complexity index is 569. The van der Waals surface area contributed by atoms with Crippen molar-refractivity contribution < 1.29 is 14.0 Å². The van der Waals surface area contributed by atoms with E-state index in [1.807, 2.05) is 18.2 Å². The van der Waals surface area contributed by atoms with Crippen LogP contribution in [-0.2, 0) is 6.54 Å². The fourth-order valence-corrected chi connectivity index (χ4v) is 1.58. The highest BCUT2D eigenvalue weighted by Crippen LogP contribution is 1.98. The minimum absolute atomic E-state index is 0.245. The Kier molecular flexibility index (Phi) is 5.33. The number of furan rings is 1. The van der Waals surface area contributed by atoms with Crippen molar-refractivity contribution in [3.05, 3.63) is 54.2 Å². The maximum atomic E-state index is 11.5. The lowest BCUT2D eigenvalue weighted by atomic mass is 10.3. The molecule has 2 heterocycles. The van der Waals surface area contributed by atoms with Crippen LogP contribution in [0.2, 0.25) is 0 Å². The lowest BCUT2D eigenvalue weighted by Gasteiger charge is -2.07. The third kappa shape index (κ3) is 4.98. The average molecular weight is 288 g/mol. The summed E-state index contributed by atoms with van der Waals surface area (Å²) in [7, 11) is 0. The molecule has 21 heavy (non-hydrogen) atoms. The number of amides is 3. The van der Waals surface area contributed by atoms with Crippen LogP contribution >= 0.6 is 0 Å². The van der Waals surface area contributed by atoms with Crippen molar-refractivity contribution in [3.63, 3.8) is 0 Å². The van der Waals surface area contributed by atoms with E-state index in [0.29, 0.717) is 19.6 Å². The number of urea groups is 1. The van der Waals surface area contributed by atoms with Crippen molar-refractivity contribution in [3.8, 4) is 0 Å². The molecule has 0 aliphatic carbocycles. The van der Waals surface area contributed by atoms with Crippen LogP contribution in [0.25, 0.3) is 0 Å². The highest BCUT2D eigenvalue weighted by Gasteiger charge is 2.07. The molecule has 0 radical (unpaired) electrons. The van der Waals surface area contributed by atoms with Crippen molar-refractivity contribution in [2.45, 2.75) is 6.54 Å². The van der Waals surface area contributed by atoms with E-state index in [4.69, 9.17) is 4.42 Å². The first-order chi connectivity index (χ1) is 10.3. The van der Waals surface area contributed by atoms with Crippen molar-refractivity contribution >= 4 is 11.9 Å². The number of hydrogen-bond donors (Lipinski definition) is 3. The first kappa shape index (κ1) is 14.6. The van der Waals surface area contributed by atoms with Gasteiger partial charge in [-0.25, -0.2) is 4.79 Å². The lowest BCUT2D eigenvalue weighted by molar-refractivity contribution is 0.0926. The van der Waals surface area contributed by atoms with Crippen LogP contribution in [0.5, 0.6) is 0 Å². The van der Waals surface area contributed by atoms with E-state index in [9.17, 15) is 9.59 Å². The summed E-state index contributed by atoms with van der Waals surface area (Å²) in [5.41, 5.74) is 0.777. The van der Waals surface area contributed by atoms with Gasteiger partial charge in [-0.05, 0) is 24.3 Å². The molecule has 2 aromatic rings. The summed E-state index contributed by atoms with van der Waals surface area (Å²) < 4.78 is 4.94. The van der Waals surface area contributed by atoms with Crippen molar-refractivity contribution in [1.82, 2.24) is 20.9 Å². The van der Waals surface area contributed by atoms with Gasteiger partial charge in [0, 0.05) is 19.3 Å². The SMILES string of the molecule is O=C(NCCNC(=O)c1ccco1)NCc1ccccn1. The minimum Gasteiger partial charge on any atom is -0.459 e. The number of pyridine rings is 1. The molecule has 3 amide bonds. The number of nitrogens with zero attached hydrogens (tertiary/aromatic N) is 1. The average Bonchev–Trinajstić information content (AvgIpc) is 3.05. The molecule has 3 N–H and O–H groups in total. The Morgan fingerprint density at radius 2 is 1.90 bits per heavy atom. The molecular formula is C14H16N4O3. The molecule has 0 spiro atoms. The van der Waals surface area contributed by atoms with Gasteiger partial charge in [0.05, 0.1) is 18.5 Å². The number of nitrogens with one attached hydrogen (secondary N) is 3.